The fourth-order valence-electron chi connectivity index (χ4n) is 1.20. The predicted molar refractivity (Wildman–Crippen MR) is 52.7 cm³/mol. The highest BCUT2D eigenvalue weighted by Gasteiger charge is 2.18. The molecule has 0 aliphatic rings. The van der Waals surface area contributed by atoms with E-state index in [1.54, 1.807) is 38.5 Å². The molecule has 1 atom stereocenters. The molecular weight excluding hydrogens is 180 g/mol. The Hall–Kier alpha value is -1.42. The third kappa shape index (κ3) is 2.53. The van der Waals surface area contributed by atoms with E-state index in [9.17, 15) is 4.79 Å². The van der Waals surface area contributed by atoms with Crippen LogP contribution in [0.5, 0.6) is 0 Å². The van der Waals surface area contributed by atoms with Crippen molar-refractivity contribution in [3.63, 3.8) is 0 Å². The van der Waals surface area contributed by atoms with Gasteiger partial charge in [0.25, 0.3) is 0 Å². The molecule has 0 aliphatic heterocycles. The third-order valence-corrected chi connectivity index (χ3v) is 1.85. The second-order valence-electron chi connectivity index (χ2n) is 2.75. The number of aromatic nitrogens is 1. The van der Waals surface area contributed by atoms with Crippen molar-refractivity contribution in [1.82, 2.24) is 10.3 Å². The normalized spacial score (nSPS) is 12.1. The highest BCUT2D eigenvalue weighted by atomic mass is 16.5. The molecule has 1 aromatic rings. The molecule has 1 N–H and O–H groups in total. The van der Waals surface area contributed by atoms with E-state index < -0.39 is 6.04 Å². The van der Waals surface area contributed by atoms with E-state index >= 15 is 0 Å². The van der Waals surface area contributed by atoms with Crippen molar-refractivity contribution in [1.29, 1.82) is 0 Å². The van der Waals surface area contributed by atoms with Gasteiger partial charge in [-0.05, 0) is 31.7 Å². The van der Waals surface area contributed by atoms with Crippen LogP contribution in [0.4, 0.5) is 0 Å². The molecule has 0 saturated carbocycles. The van der Waals surface area contributed by atoms with E-state index in [1.807, 2.05) is 0 Å². The van der Waals surface area contributed by atoms with Gasteiger partial charge in [-0.15, -0.1) is 0 Å². The van der Waals surface area contributed by atoms with Crippen LogP contribution in [-0.2, 0) is 9.53 Å². The fraction of sp³-hybridized carbons (Fsp3) is 0.400. The van der Waals surface area contributed by atoms with Crippen LogP contribution in [0, 0.1) is 0 Å². The number of ether oxygens (including phenoxy) is 1. The average Bonchev–Trinajstić information content (AvgIpc) is 2.21. The van der Waals surface area contributed by atoms with E-state index in [-0.39, 0.29) is 5.97 Å². The summed E-state index contributed by atoms with van der Waals surface area (Å²) in [7, 11) is 1.72. The van der Waals surface area contributed by atoms with Crippen LogP contribution < -0.4 is 5.32 Å². The van der Waals surface area contributed by atoms with Crippen molar-refractivity contribution in [2.75, 3.05) is 13.7 Å². The lowest BCUT2D eigenvalue weighted by Gasteiger charge is -2.14. The Morgan fingerprint density at radius 2 is 2.21 bits per heavy atom. The molecule has 0 radical (unpaired) electrons. The molecule has 4 nitrogen and oxygen atoms in total. The van der Waals surface area contributed by atoms with E-state index in [0.717, 1.165) is 5.56 Å². The third-order valence-electron chi connectivity index (χ3n) is 1.85. The van der Waals surface area contributed by atoms with Gasteiger partial charge in [-0.2, -0.15) is 0 Å². The zero-order valence-corrected chi connectivity index (χ0v) is 8.36. The molecule has 0 aliphatic carbocycles. The first-order chi connectivity index (χ1) is 6.79. The number of esters is 1. The summed E-state index contributed by atoms with van der Waals surface area (Å²) in [4.78, 5) is 15.4. The maximum absolute atomic E-state index is 11.5. The molecular formula is C10H14N2O2. The number of nitrogens with zero attached hydrogens (tertiary/aromatic N) is 1. The van der Waals surface area contributed by atoms with Gasteiger partial charge in [0.2, 0.25) is 0 Å². The first kappa shape index (κ1) is 10.7. The van der Waals surface area contributed by atoms with E-state index in [1.165, 1.54) is 0 Å². The molecule has 1 heterocycles. The Morgan fingerprint density at radius 1 is 1.57 bits per heavy atom. The molecule has 1 rings (SSSR count). The zero-order chi connectivity index (χ0) is 10.4. The van der Waals surface area contributed by atoms with Gasteiger partial charge in [-0.3, -0.25) is 4.98 Å². The number of nitrogens with one attached hydrogen (secondary N) is 1. The Morgan fingerprint density at radius 3 is 2.71 bits per heavy atom. The van der Waals surface area contributed by atoms with Gasteiger partial charge in [0.15, 0.2) is 0 Å². The largest absolute Gasteiger partial charge is 0.465 e. The molecule has 0 spiro atoms. The van der Waals surface area contributed by atoms with Crippen molar-refractivity contribution < 1.29 is 9.53 Å². The highest BCUT2D eigenvalue weighted by molar-refractivity contribution is 5.77. The summed E-state index contributed by atoms with van der Waals surface area (Å²) in [6.45, 7) is 2.18. The van der Waals surface area contributed by atoms with Gasteiger partial charge in [0, 0.05) is 12.4 Å². The molecule has 4 heteroatoms. The van der Waals surface area contributed by atoms with Crippen LogP contribution in [-0.4, -0.2) is 24.6 Å². The Kier molecular flexibility index (Phi) is 4.07. The second kappa shape index (κ2) is 5.34. The molecule has 0 aromatic carbocycles. The van der Waals surface area contributed by atoms with Crippen LogP contribution >= 0.6 is 0 Å². The van der Waals surface area contributed by atoms with E-state index in [4.69, 9.17) is 4.74 Å². The van der Waals surface area contributed by atoms with Gasteiger partial charge in [-0.1, -0.05) is 0 Å². The molecule has 1 aromatic heterocycles. The van der Waals surface area contributed by atoms with E-state index in [0.29, 0.717) is 6.61 Å². The fourth-order valence-corrected chi connectivity index (χ4v) is 1.20. The molecule has 76 valence electrons. The Labute approximate surface area is 83.3 Å². The summed E-state index contributed by atoms with van der Waals surface area (Å²) in [6, 6.07) is 3.17. The van der Waals surface area contributed by atoms with Gasteiger partial charge in [-0.25, -0.2) is 4.79 Å². The number of pyridine rings is 1. The average molecular weight is 194 g/mol. The first-order valence-corrected chi connectivity index (χ1v) is 4.53. The Bertz CT molecular complexity index is 287. The zero-order valence-electron chi connectivity index (χ0n) is 8.36. The lowest BCUT2D eigenvalue weighted by molar-refractivity contribution is -0.145. The summed E-state index contributed by atoms with van der Waals surface area (Å²) in [6.07, 6.45) is 3.30. The summed E-state index contributed by atoms with van der Waals surface area (Å²) in [5.74, 6) is -0.263. The summed E-state index contributed by atoms with van der Waals surface area (Å²) in [5.41, 5.74) is 0.862. The predicted octanol–water partition coefficient (Wildman–Crippen LogP) is 0.905. The van der Waals surface area contributed by atoms with Gasteiger partial charge < -0.3 is 10.1 Å². The molecule has 0 bridgehead atoms. The summed E-state index contributed by atoms with van der Waals surface area (Å²) in [5, 5.41) is 2.90. The number of hydrogen-bond acceptors (Lipinski definition) is 4. The quantitative estimate of drug-likeness (QED) is 0.724. The van der Waals surface area contributed by atoms with Gasteiger partial charge >= 0.3 is 5.97 Å². The molecule has 1 unspecified atom stereocenters. The maximum Gasteiger partial charge on any atom is 0.327 e. The monoisotopic (exact) mass is 194 g/mol. The number of rotatable bonds is 4. The standard InChI is InChI=1S/C10H14N2O2/c1-3-14-10(13)9(11-2)8-4-6-12-7-5-8/h4-7,9,11H,3H2,1-2H3. The van der Waals surface area contributed by atoms with Crippen LogP contribution in [0.15, 0.2) is 24.5 Å². The second-order valence-corrected chi connectivity index (χ2v) is 2.75. The van der Waals surface area contributed by atoms with Gasteiger partial charge in [0.05, 0.1) is 6.61 Å². The topological polar surface area (TPSA) is 51.2 Å². The van der Waals surface area contributed by atoms with Crippen molar-refractivity contribution in [2.45, 2.75) is 13.0 Å². The van der Waals surface area contributed by atoms with E-state index in [2.05, 4.69) is 10.3 Å². The molecule has 0 fully saturated rings. The maximum atomic E-state index is 11.5. The lowest BCUT2D eigenvalue weighted by Crippen LogP contribution is -2.27. The number of carbonyl (C=O) groups excluding carboxylic acids is 1. The number of likely N-dealkylation sites (N-methyl/N-ethyl adjacent to an activating group) is 1. The molecule has 14 heavy (non-hydrogen) atoms. The SMILES string of the molecule is CCOC(=O)C(NC)c1ccncc1. The molecule has 0 amide bonds. The minimum absolute atomic E-state index is 0.263. The summed E-state index contributed by atoms with van der Waals surface area (Å²) >= 11 is 0. The lowest BCUT2D eigenvalue weighted by atomic mass is 10.1. The summed E-state index contributed by atoms with van der Waals surface area (Å²) < 4.78 is 4.93. The van der Waals surface area contributed by atoms with Crippen LogP contribution in [0.25, 0.3) is 0 Å². The minimum Gasteiger partial charge on any atom is -0.465 e. The number of carbonyl (C=O) groups is 1. The Balaban J connectivity index is 2.77. The first-order valence-electron chi connectivity index (χ1n) is 4.53. The smallest absolute Gasteiger partial charge is 0.327 e. The van der Waals surface area contributed by atoms with Crippen LogP contribution in [0.3, 0.4) is 0 Å². The minimum atomic E-state index is -0.405. The van der Waals surface area contributed by atoms with Crippen LogP contribution in [0.1, 0.15) is 18.5 Å². The van der Waals surface area contributed by atoms with Crippen molar-refractivity contribution in [2.24, 2.45) is 0 Å². The van der Waals surface area contributed by atoms with Crippen molar-refractivity contribution >= 4 is 5.97 Å². The van der Waals surface area contributed by atoms with Gasteiger partial charge in [0.1, 0.15) is 6.04 Å². The highest BCUT2D eigenvalue weighted by Crippen LogP contribution is 2.12. The molecule has 0 saturated heterocycles. The van der Waals surface area contributed by atoms with Crippen LogP contribution in [0.2, 0.25) is 0 Å². The number of hydrogen-bond donors (Lipinski definition) is 1. The van der Waals surface area contributed by atoms with Crippen molar-refractivity contribution in [3.8, 4) is 0 Å². The van der Waals surface area contributed by atoms with Crippen molar-refractivity contribution in [3.05, 3.63) is 30.1 Å².